The third kappa shape index (κ3) is 2.70. The van der Waals surface area contributed by atoms with Crippen molar-refractivity contribution in [2.45, 2.75) is 6.18 Å². The highest BCUT2D eigenvalue weighted by Crippen LogP contribution is 2.38. The molecule has 3 N–H and O–H groups in total. The Morgan fingerprint density at radius 1 is 1.17 bits per heavy atom. The van der Waals surface area contributed by atoms with Gasteiger partial charge in [-0.15, -0.1) is 12.4 Å². The van der Waals surface area contributed by atoms with Crippen LogP contribution in [0, 0.1) is 0 Å². The van der Waals surface area contributed by atoms with Crippen molar-refractivity contribution in [2.75, 3.05) is 5.73 Å². The highest BCUT2D eigenvalue weighted by Gasteiger charge is 2.37. The first kappa shape index (κ1) is 14.7. The molecule has 0 fully saturated rings. The van der Waals surface area contributed by atoms with Gasteiger partial charge in [0.15, 0.2) is 5.82 Å². The highest BCUT2D eigenvalue weighted by molar-refractivity contribution is 6.30. The van der Waals surface area contributed by atoms with Crippen molar-refractivity contribution < 1.29 is 13.2 Å². The van der Waals surface area contributed by atoms with Crippen molar-refractivity contribution >= 4 is 29.8 Å². The lowest BCUT2D eigenvalue weighted by Crippen LogP contribution is -2.07. The van der Waals surface area contributed by atoms with Gasteiger partial charge in [0.1, 0.15) is 5.69 Å². The molecule has 0 saturated carbocycles. The molecule has 0 aliphatic carbocycles. The number of nitrogens with zero attached hydrogens (tertiary/aromatic N) is 1. The van der Waals surface area contributed by atoms with E-state index in [-0.39, 0.29) is 23.8 Å². The quantitative estimate of drug-likeness (QED) is 0.842. The third-order valence-corrected chi connectivity index (χ3v) is 2.46. The molecule has 1 aromatic heterocycles. The molecule has 0 bridgehead atoms. The molecule has 0 amide bonds. The van der Waals surface area contributed by atoms with E-state index in [9.17, 15) is 13.2 Å². The Labute approximate surface area is 112 Å². The van der Waals surface area contributed by atoms with Crippen LogP contribution in [0.25, 0.3) is 11.1 Å². The van der Waals surface area contributed by atoms with E-state index in [1.807, 2.05) is 5.10 Å². The monoisotopic (exact) mass is 297 g/mol. The fourth-order valence-electron chi connectivity index (χ4n) is 1.47. The Morgan fingerprint density at radius 2 is 1.72 bits per heavy atom. The first-order valence-electron chi connectivity index (χ1n) is 4.56. The smallest absolute Gasteiger partial charge is 0.382 e. The van der Waals surface area contributed by atoms with Crippen LogP contribution in [0.5, 0.6) is 0 Å². The number of nitrogens with one attached hydrogen (secondary N) is 1. The van der Waals surface area contributed by atoms with Gasteiger partial charge < -0.3 is 5.73 Å². The minimum Gasteiger partial charge on any atom is -0.382 e. The molecular weight excluding hydrogens is 290 g/mol. The van der Waals surface area contributed by atoms with Gasteiger partial charge in [-0.2, -0.15) is 18.3 Å². The molecule has 98 valence electrons. The van der Waals surface area contributed by atoms with Crippen molar-refractivity contribution in [3.63, 3.8) is 0 Å². The number of aromatic nitrogens is 2. The summed E-state index contributed by atoms with van der Waals surface area (Å²) in [5.74, 6) is -0.195. The average molecular weight is 298 g/mol. The molecule has 2 rings (SSSR count). The van der Waals surface area contributed by atoms with E-state index in [4.69, 9.17) is 17.3 Å². The van der Waals surface area contributed by atoms with E-state index in [0.717, 1.165) is 0 Å². The van der Waals surface area contributed by atoms with E-state index in [0.29, 0.717) is 10.6 Å². The normalized spacial score (nSPS) is 11.1. The molecule has 1 heterocycles. The molecule has 2 aromatic rings. The molecule has 0 spiro atoms. The largest absolute Gasteiger partial charge is 0.433 e. The summed E-state index contributed by atoms with van der Waals surface area (Å²) < 4.78 is 38.0. The standard InChI is InChI=1S/C10H7ClF3N3.ClH/c11-6-3-1-5(2-4-6)7-8(10(12,13)14)16-17-9(7)15;/h1-4H,(H3,15,16,17);1H. The average Bonchev–Trinajstić information content (AvgIpc) is 2.61. The first-order chi connectivity index (χ1) is 7.89. The van der Waals surface area contributed by atoms with Crippen LogP contribution in [0.15, 0.2) is 24.3 Å². The lowest BCUT2D eigenvalue weighted by Gasteiger charge is -2.07. The summed E-state index contributed by atoms with van der Waals surface area (Å²) in [7, 11) is 0. The van der Waals surface area contributed by atoms with Crippen LogP contribution < -0.4 is 5.73 Å². The maximum atomic E-state index is 12.7. The van der Waals surface area contributed by atoms with Gasteiger partial charge in [-0.1, -0.05) is 23.7 Å². The Hall–Kier alpha value is -1.40. The topological polar surface area (TPSA) is 54.7 Å². The van der Waals surface area contributed by atoms with E-state index >= 15 is 0 Å². The fraction of sp³-hybridized carbons (Fsp3) is 0.100. The minimum atomic E-state index is -4.53. The number of hydrogen-bond donors (Lipinski definition) is 2. The summed E-state index contributed by atoms with van der Waals surface area (Å²) in [5, 5.41) is 5.71. The van der Waals surface area contributed by atoms with E-state index in [1.165, 1.54) is 24.3 Å². The molecule has 0 saturated heterocycles. The molecule has 0 aliphatic rings. The number of anilines is 1. The Morgan fingerprint density at radius 3 is 2.22 bits per heavy atom. The predicted octanol–water partition coefficient (Wildman–Crippen LogP) is 3.75. The number of nitrogen functional groups attached to an aromatic ring is 1. The zero-order chi connectivity index (χ0) is 12.6. The van der Waals surface area contributed by atoms with Crippen LogP contribution >= 0.6 is 24.0 Å². The molecule has 1 aromatic carbocycles. The van der Waals surface area contributed by atoms with Crippen molar-refractivity contribution in [2.24, 2.45) is 0 Å². The van der Waals surface area contributed by atoms with Gasteiger partial charge in [-0.05, 0) is 17.7 Å². The van der Waals surface area contributed by atoms with Gasteiger partial charge in [-0.3, -0.25) is 5.10 Å². The second kappa shape index (κ2) is 5.07. The minimum absolute atomic E-state index is 0. The number of alkyl halides is 3. The maximum Gasteiger partial charge on any atom is 0.433 e. The van der Waals surface area contributed by atoms with E-state index in [1.54, 1.807) is 0 Å². The molecule has 8 heteroatoms. The molecule has 0 radical (unpaired) electrons. The Kier molecular flexibility index (Phi) is 4.13. The summed E-state index contributed by atoms with van der Waals surface area (Å²) in [4.78, 5) is 0. The van der Waals surface area contributed by atoms with Crippen LogP contribution in [0.1, 0.15) is 5.69 Å². The molecule has 0 unspecified atom stereocenters. The van der Waals surface area contributed by atoms with E-state index < -0.39 is 11.9 Å². The number of H-pyrrole nitrogens is 1. The van der Waals surface area contributed by atoms with Crippen molar-refractivity contribution in [3.05, 3.63) is 35.0 Å². The second-order valence-corrected chi connectivity index (χ2v) is 3.80. The summed E-state index contributed by atoms with van der Waals surface area (Å²) in [6.45, 7) is 0. The van der Waals surface area contributed by atoms with Crippen molar-refractivity contribution in [3.8, 4) is 11.1 Å². The number of rotatable bonds is 1. The van der Waals surface area contributed by atoms with Gasteiger partial charge in [0.2, 0.25) is 0 Å². The lowest BCUT2D eigenvalue weighted by molar-refractivity contribution is -0.140. The number of benzene rings is 1. The SMILES string of the molecule is Cl.Nc1n[nH]c(C(F)(F)F)c1-c1ccc(Cl)cc1. The first-order valence-corrected chi connectivity index (χ1v) is 4.94. The number of aromatic amines is 1. The molecule has 0 atom stereocenters. The zero-order valence-electron chi connectivity index (χ0n) is 8.75. The summed E-state index contributed by atoms with van der Waals surface area (Å²) in [6, 6.07) is 5.89. The van der Waals surface area contributed by atoms with Gasteiger partial charge >= 0.3 is 6.18 Å². The fourth-order valence-corrected chi connectivity index (χ4v) is 1.60. The molecule has 18 heavy (non-hydrogen) atoms. The Bertz CT molecular complexity index is 534. The molecule has 0 aliphatic heterocycles. The number of halogens is 5. The van der Waals surface area contributed by atoms with E-state index in [2.05, 4.69) is 5.10 Å². The van der Waals surface area contributed by atoms with Crippen LogP contribution in [-0.2, 0) is 6.18 Å². The summed E-state index contributed by atoms with van der Waals surface area (Å²) >= 11 is 5.67. The van der Waals surface area contributed by atoms with Crippen LogP contribution in [0.4, 0.5) is 19.0 Å². The Balaban J connectivity index is 0.00000162. The van der Waals surface area contributed by atoms with Crippen LogP contribution in [0.2, 0.25) is 5.02 Å². The van der Waals surface area contributed by atoms with Crippen molar-refractivity contribution in [1.29, 1.82) is 0 Å². The molecule has 3 nitrogen and oxygen atoms in total. The predicted molar refractivity (Wildman–Crippen MR) is 65.7 cm³/mol. The van der Waals surface area contributed by atoms with Crippen molar-refractivity contribution in [1.82, 2.24) is 10.2 Å². The maximum absolute atomic E-state index is 12.7. The summed E-state index contributed by atoms with van der Waals surface area (Å²) in [5.41, 5.74) is 4.63. The van der Waals surface area contributed by atoms with Gasteiger partial charge in [0, 0.05) is 5.02 Å². The van der Waals surface area contributed by atoms with Gasteiger partial charge in [0.25, 0.3) is 0 Å². The second-order valence-electron chi connectivity index (χ2n) is 3.36. The lowest BCUT2D eigenvalue weighted by atomic mass is 10.1. The number of hydrogen-bond acceptors (Lipinski definition) is 2. The van der Waals surface area contributed by atoms with Gasteiger partial charge in [0.05, 0.1) is 5.56 Å². The van der Waals surface area contributed by atoms with Crippen LogP contribution in [-0.4, -0.2) is 10.2 Å². The highest BCUT2D eigenvalue weighted by atomic mass is 35.5. The third-order valence-electron chi connectivity index (χ3n) is 2.21. The molecular formula is C10H8Cl2F3N3. The number of nitrogens with two attached hydrogens (primary N) is 1. The van der Waals surface area contributed by atoms with Crippen LogP contribution in [0.3, 0.4) is 0 Å². The van der Waals surface area contributed by atoms with Gasteiger partial charge in [-0.25, -0.2) is 0 Å². The zero-order valence-corrected chi connectivity index (χ0v) is 10.3. The summed E-state index contributed by atoms with van der Waals surface area (Å²) in [6.07, 6.45) is -4.53.